The Labute approximate surface area is 122 Å². The summed E-state index contributed by atoms with van der Waals surface area (Å²) in [5, 5.41) is 19.7. The predicted octanol–water partition coefficient (Wildman–Crippen LogP) is 0.798. The van der Waals surface area contributed by atoms with Gasteiger partial charge in [0, 0.05) is 13.6 Å². The molecule has 21 heavy (non-hydrogen) atoms. The monoisotopic (exact) mass is 294 g/mol. The van der Waals surface area contributed by atoms with Gasteiger partial charge in [0.25, 0.3) is 0 Å². The van der Waals surface area contributed by atoms with E-state index in [4.69, 9.17) is 10.2 Å². The third-order valence-electron chi connectivity index (χ3n) is 2.90. The Balaban J connectivity index is 2.49. The minimum atomic E-state index is -1.44. The molecule has 0 bridgehead atoms. The maximum atomic E-state index is 11.8. The van der Waals surface area contributed by atoms with Crippen LogP contribution < -0.4 is 5.32 Å². The van der Waals surface area contributed by atoms with Crippen molar-refractivity contribution in [2.75, 3.05) is 13.6 Å². The molecule has 0 saturated carbocycles. The van der Waals surface area contributed by atoms with Crippen LogP contribution in [0.25, 0.3) is 0 Å². The molecular weight excluding hydrogens is 276 g/mol. The topological polar surface area (TPSA) is 107 Å². The van der Waals surface area contributed by atoms with Crippen LogP contribution in [0.2, 0.25) is 0 Å². The number of carboxylic acids is 2. The Morgan fingerprint density at radius 3 is 2.33 bits per heavy atom. The second kappa shape index (κ2) is 7.88. The third-order valence-corrected chi connectivity index (χ3v) is 2.90. The van der Waals surface area contributed by atoms with Crippen LogP contribution in [0.5, 0.6) is 0 Å². The van der Waals surface area contributed by atoms with E-state index in [1.807, 2.05) is 30.3 Å². The van der Waals surface area contributed by atoms with Crippen molar-refractivity contribution in [3.8, 4) is 0 Å². The number of nitrogens with one attached hydrogen (secondary N) is 1. The molecule has 7 heteroatoms. The van der Waals surface area contributed by atoms with Crippen LogP contribution in [0.4, 0.5) is 4.79 Å². The molecule has 1 atom stereocenters. The van der Waals surface area contributed by atoms with Gasteiger partial charge in [0.2, 0.25) is 0 Å². The molecule has 0 radical (unpaired) electrons. The summed E-state index contributed by atoms with van der Waals surface area (Å²) in [5.41, 5.74) is 1.05. The fraction of sp³-hybridized carbons (Fsp3) is 0.357. The molecular formula is C14H18N2O5. The molecule has 0 unspecified atom stereocenters. The summed E-state index contributed by atoms with van der Waals surface area (Å²) in [4.78, 5) is 34.6. The number of carbonyl (C=O) groups is 3. The number of benzene rings is 1. The average molecular weight is 294 g/mol. The molecule has 0 aliphatic rings. The molecule has 0 aliphatic heterocycles. The molecule has 0 fully saturated rings. The van der Waals surface area contributed by atoms with E-state index in [0.717, 1.165) is 5.56 Å². The van der Waals surface area contributed by atoms with Crippen molar-refractivity contribution in [1.82, 2.24) is 10.2 Å². The summed E-state index contributed by atoms with van der Waals surface area (Å²) in [6.45, 7) is 0.398. The predicted molar refractivity (Wildman–Crippen MR) is 75.0 cm³/mol. The standard InChI is InChI=1S/C14H18N2O5/c1-16(8-7-10-5-3-2-4-6-10)14(21)15-11(13(19)20)9-12(17)18/h2-6,11H,7-9H2,1H3,(H,15,21)(H,17,18)(H,19,20)/t11-/m1/s1. The van der Waals surface area contributed by atoms with Crippen LogP contribution in [0.15, 0.2) is 30.3 Å². The quantitative estimate of drug-likeness (QED) is 0.689. The molecule has 1 aromatic carbocycles. The van der Waals surface area contributed by atoms with Crippen LogP contribution in [-0.4, -0.2) is 52.7 Å². The van der Waals surface area contributed by atoms with Crippen molar-refractivity contribution in [3.05, 3.63) is 35.9 Å². The number of amides is 2. The van der Waals surface area contributed by atoms with E-state index in [2.05, 4.69) is 5.32 Å². The lowest BCUT2D eigenvalue weighted by Crippen LogP contribution is -2.48. The maximum absolute atomic E-state index is 11.8. The van der Waals surface area contributed by atoms with Gasteiger partial charge in [-0.25, -0.2) is 9.59 Å². The van der Waals surface area contributed by atoms with Gasteiger partial charge in [-0.3, -0.25) is 4.79 Å². The summed E-state index contributed by atoms with van der Waals surface area (Å²) in [6.07, 6.45) is -0.0327. The van der Waals surface area contributed by atoms with Crippen molar-refractivity contribution in [1.29, 1.82) is 0 Å². The molecule has 1 aromatic rings. The van der Waals surface area contributed by atoms with E-state index in [1.54, 1.807) is 0 Å². The highest BCUT2D eigenvalue weighted by Crippen LogP contribution is 2.01. The number of carbonyl (C=O) groups excluding carboxylic acids is 1. The second-order valence-corrected chi connectivity index (χ2v) is 4.60. The second-order valence-electron chi connectivity index (χ2n) is 4.60. The Morgan fingerprint density at radius 1 is 1.19 bits per heavy atom. The Morgan fingerprint density at radius 2 is 1.81 bits per heavy atom. The number of urea groups is 1. The van der Waals surface area contributed by atoms with Crippen molar-refractivity contribution >= 4 is 18.0 Å². The molecule has 0 saturated heterocycles. The minimum Gasteiger partial charge on any atom is -0.481 e. The highest BCUT2D eigenvalue weighted by Gasteiger charge is 2.24. The van der Waals surface area contributed by atoms with Gasteiger partial charge < -0.3 is 20.4 Å². The Hall–Kier alpha value is -2.57. The zero-order valence-electron chi connectivity index (χ0n) is 11.7. The minimum absolute atomic E-state index is 0.398. The number of aliphatic carboxylic acids is 2. The van der Waals surface area contributed by atoms with Crippen molar-refractivity contribution in [2.24, 2.45) is 0 Å². The largest absolute Gasteiger partial charge is 0.481 e. The lowest BCUT2D eigenvalue weighted by Gasteiger charge is -2.20. The van der Waals surface area contributed by atoms with Crippen molar-refractivity contribution in [3.63, 3.8) is 0 Å². The first kappa shape index (κ1) is 16.5. The smallest absolute Gasteiger partial charge is 0.326 e. The van der Waals surface area contributed by atoms with E-state index >= 15 is 0 Å². The lowest BCUT2D eigenvalue weighted by atomic mass is 10.1. The highest BCUT2D eigenvalue weighted by molar-refractivity contribution is 5.86. The van der Waals surface area contributed by atoms with Crippen LogP contribution in [-0.2, 0) is 16.0 Å². The lowest BCUT2D eigenvalue weighted by molar-refractivity contribution is -0.145. The zero-order valence-corrected chi connectivity index (χ0v) is 11.7. The van der Waals surface area contributed by atoms with Crippen molar-refractivity contribution < 1.29 is 24.6 Å². The van der Waals surface area contributed by atoms with Crippen LogP contribution in [0.3, 0.4) is 0 Å². The highest BCUT2D eigenvalue weighted by atomic mass is 16.4. The zero-order chi connectivity index (χ0) is 15.8. The molecule has 0 aliphatic carbocycles. The number of hydrogen-bond acceptors (Lipinski definition) is 3. The van der Waals surface area contributed by atoms with Gasteiger partial charge in [0.1, 0.15) is 6.04 Å². The number of rotatable bonds is 7. The molecule has 0 heterocycles. The number of hydrogen-bond donors (Lipinski definition) is 3. The average Bonchev–Trinajstić information content (AvgIpc) is 2.44. The van der Waals surface area contributed by atoms with Gasteiger partial charge in [-0.2, -0.15) is 0 Å². The van der Waals surface area contributed by atoms with E-state index in [9.17, 15) is 14.4 Å². The molecule has 114 valence electrons. The summed E-state index contributed by atoms with van der Waals surface area (Å²) < 4.78 is 0. The summed E-state index contributed by atoms with van der Waals surface area (Å²) in [7, 11) is 1.53. The van der Waals surface area contributed by atoms with Crippen LogP contribution in [0, 0.1) is 0 Å². The van der Waals surface area contributed by atoms with Gasteiger partial charge in [-0.05, 0) is 12.0 Å². The maximum Gasteiger partial charge on any atom is 0.326 e. The fourth-order valence-electron chi connectivity index (χ4n) is 1.68. The van der Waals surface area contributed by atoms with E-state index in [0.29, 0.717) is 13.0 Å². The summed E-state index contributed by atoms with van der Waals surface area (Å²) in [5.74, 6) is -2.66. The molecule has 0 aromatic heterocycles. The summed E-state index contributed by atoms with van der Waals surface area (Å²) >= 11 is 0. The van der Waals surface area contributed by atoms with Crippen molar-refractivity contribution in [2.45, 2.75) is 18.9 Å². The van der Waals surface area contributed by atoms with Crippen LogP contribution >= 0.6 is 0 Å². The van der Waals surface area contributed by atoms with E-state index in [-0.39, 0.29) is 0 Å². The number of nitrogens with zero attached hydrogens (tertiary/aromatic N) is 1. The first-order valence-corrected chi connectivity index (χ1v) is 6.40. The third kappa shape index (κ3) is 5.94. The van der Waals surface area contributed by atoms with Gasteiger partial charge in [0.05, 0.1) is 6.42 Å². The van der Waals surface area contributed by atoms with Gasteiger partial charge in [-0.15, -0.1) is 0 Å². The SMILES string of the molecule is CN(CCc1ccccc1)C(=O)N[C@H](CC(=O)O)C(=O)O. The van der Waals surface area contributed by atoms with Gasteiger partial charge in [-0.1, -0.05) is 30.3 Å². The van der Waals surface area contributed by atoms with Crippen LogP contribution in [0.1, 0.15) is 12.0 Å². The van der Waals surface area contributed by atoms with Gasteiger partial charge in [0.15, 0.2) is 0 Å². The number of likely N-dealkylation sites (N-methyl/N-ethyl adjacent to an activating group) is 1. The first-order valence-electron chi connectivity index (χ1n) is 6.40. The number of carboxylic acid groups (broad SMARTS) is 2. The van der Waals surface area contributed by atoms with E-state index in [1.165, 1.54) is 11.9 Å². The molecule has 1 rings (SSSR count). The van der Waals surface area contributed by atoms with E-state index < -0.39 is 30.4 Å². The normalized spacial score (nSPS) is 11.5. The Bertz CT molecular complexity index is 503. The molecule has 7 nitrogen and oxygen atoms in total. The molecule has 2 amide bonds. The van der Waals surface area contributed by atoms with Gasteiger partial charge >= 0.3 is 18.0 Å². The summed E-state index contributed by atoms with van der Waals surface area (Å²) in [6, 6.07) is 7.48. The Kier molecular flexibility index (Phi) is 6.19. The first-order chi connectivity index (χ1) is 9.90. The molecule has 3 N–H and O–H groups in total. The molecule has 0 spiro atoms. The fourth-order valence-corrected chi connectivity index (χ4v) is 1.68.